The van der Waals surface area contributed by atoms with Crippen LogP contribution in [0.25, 0.3) is 0 Å². The Balaban J connectivity index is 1.92. The van der Waals surface area contributed by atoms with Crippen LogP contribution in [0.4, 0.5) is 11.4 Å². The number of nitrogen functional groups attached to an aromatic ring is 1. The van der Waals surface area contributed by atoms with E-state index in [1.165, 1.54) is 18.0 Å². The smallest absolute Gasteiger partial charge is 0.256 e. The van der Waals surface area contributed by atoms with E-state index in [1.54, 1.807) is 18.3 Å². The molecule has 0 unspecified atom stereocenters. The van der Waals surface area contributed by atoms with Gasteiger partial charge in [-0.25, -0.2) is 4.98 Å². The van der Waals surface area contributed by atoms with Gasteiger partial charge in [0.1, 0.15) is 6.26 Å². The maximum Gasteiger partial charge on any atom is 0.256 e. The second kappa shape index (κ2) is 5.59. The fourth-order valence-electron chi connectivity index (χ4n) is 1.37. The monoisotopic (exact) mass is 263 g/mol. The van der Waals surface area contributed by atoms with Crippen LogP contribution >= 0.6 is 11.8 Å². The fourth-order valence-corrected chi connectivity index (χ4v) is 1.96. The van der Waals surface area contributed by atoms with Crippen LogP contribution in [0, 0.1) is 6.92 Å². The molecule has 1 aromatic carbocycles. The fraction of sp³-hybridized carbons (Fsp3) is 0.167. The molecule has 3 N–H and O–H groups in total. The third kappa shape index (κ3) is 3.27. The van der Waals surface area contributed by atoms with Gasteiger partial charge < -0.3 is 15.5 Å². The van der Waals surface area contributed by atoms with Gasteiger partial charge in [0.15, 0.2) is 0 Å². The standard InChI is InChI=1S/C12H13N3O2S/c1-8-2-3-9(13)6-10(8)15-11(16)7-18-12-14-4-5-17-12/h2-6H,7,13H2,1H3,(H,15,16). The number of anilines is 2. The first-order chi connectivity index (χ1) is 8.65. The molecule has 5 nitrogen and oxygen atoms in total. The van der Waals surface area contributed by atoms with Crippen molar-refractivity contribution in [2.75, 3.05) is 16.8 Å². The number of benzene rings is 1. The van der Waals surface area contributed by atoms with Gasteiger partial charge in [0.25, 0.3) is 5.22 Å². The summed E-state index contributed by atoms with van der Waals surface area (Å²) in [5.41, 5.74) is 7.99. The van der Waals surface area contributed by atoms with E-state index in [-0.39, 0.29) is 11.7 Å². The molecule has 0 spiro atoms. The van der Waals surface area contributed by atoms with Crippen molar-refractivity contribution in [3.05, 3.63) is 36.2 Å². The molecule has 6 heteroatoms. The summed E-state index contributed by atoms with van der Waals surface area (Å²) in [6.07, 6.45) is 3.02. The van der Waals surface area contributed by atoms with Crippen LogP contribution in [-0.2, 0) is 4.79 Å². The number of oxazole rings is 1. The van der Waals surface area contributed by atoms with Crippen LogP contribution in [0.3, 0.4) is 0 Å². The lowest BCUT2D eigenvalue weighted by atomic mass is 10.2. The Bertz CT molecular complexity index is 540. The third-order valence-electron chi connectivity index (χ3n) is 2.27. The largest absolute Gasteiger partial charge is 0.440 e. The number of nitrogens with one attached hydrogen (secondary N) is 1. The van der Waals surface area contributed by atoms with Crippen molar-refractivity contribution < 1.29 is 9.21 Å². The average Bonchev–Trinajstić information content (AvgIpc) is 2.84. The topological polar surface area (TPSA) is 81.1 Å². The number of hydrogen-bond donors (Lipinski definition) is 2. The number of nitrogens with zero attached hydrogens (tertiary/aromatic N) is 1. The molecule has 1 aromatic heterocycles. The van der Waals surface area contributed by atoms with Crippen molar-refractivity contribution in [1.29, 1.82) is 0 Å². The minimum Gasteiger partial charge on any atom is -0.440 e. The van der Waals surface area contributed by atoms with Crippen LogP contribution in [0.5, 0.6) is 0 Å². The van der Waals surface area contributed by atoms with E-state index in [9.17, 15) is 4.79 Å². The minimum atomic E-state index is -0.119. The zero-order valence-corrected chi connectivity index (χ0v) is 10.7. The van der Waals surface area contributed by atoms with Gasteiger partial charge in [-0.1, -0.05) is 17.8 Å². The van der Waals surface area contributed by atoms with E-state index in [0.717, 1.165) is 11.3 Å². The second-order valence-corrected chi connectivity index (χ2v) is 4.64. The van der Waals surface area contributed by atoms with Gasteiger partial charge in [0, 0.05) is 11.4 Å². The van der Waals surface area contributed by atoms with E-state index in [0.29, 0.717) is 10.9 Å². The molecule has 0 aliphatic heterocycles. The van der Waals surface area contributed by atoms with Gasteiger partial charge in [0.05, 0.1) is 11.9 Å². The van der Waals surface area contributed by atoms with Gasteiger partial charge in [-0.05, 0) is 24.6 Å². The van der Waals surface area contributed by atoms with Gasteiger partial charge in [-0.15, -0.1) is 0 Å². The summed E-state index contributed by atoms with van der Waals surface area (Å²) in [5, 5.41) is 3.29. The van der Waals surface area contributed by atoms with Crippen molar-refractivity contribution in [3.63, 3.8) is 0 Å². The number of carbonyl (C=O) groups excluding carboxylic acids is 1. The number of amides is 1. The predicted molar refractivity (Wildman–Crippen MR) is 71.4 cm³/mol. The van der Waals surface area contributed by atoms with Gasteiger partial charge in [-0.2, -0.15) is 0 Å². The van der Waals surface area contributed by atoms with Crippen LogP contribution < -0.4 is 11.1 Å². The average molecular weight is 263 g/mol. The predicted octanol–water partition coefficient (Wildman–Crippen LogP) is 2.30. The zero-order chi connectivity index (χ0) is 13.0. The van der Waals surface area contributed by atoms with Gasteiger partial charge >= 0.3 is 0 Å². The van der Waals surface area contributed by atoms with Crippen molar-refractivity contribution in [2.45, 2.75) is 12.1 Å². The molecular weight excluding hydrogens is 250 g/mol. The summed E-state index contributed by atoms with van der Waals surface area (Å²) in [6.45, 7) is 1.91. The number of nitrogens with two attached hydrogens (primary N) is 1. The normalized spacial score (nSPS) is 10.3. The maximum absolute atomic E-state index is 11.7. The molecule has 0 radical (unpaired) electrons. The molecule has 0 atom stereocenters. The first-order valence-corrected chi connectivity index (χ1v) is 6.32. The van der Waals surface area contributed by atoms with Crippen molar-refractivity contribution >= 4 is 29.0 Å². The van der Waals surface area contributed by atoms with Crippen LogP contribution in [-0.4, -0.2) is 16.6 Å². The van der Waals surface area contributed by atoms with E-state index < -0.39 is 0 Å². The lowest BCUT2D eigenvalue weighted by molar-refractivity contribution is -0.113. The van der Waals surface area contributed by atoms with Crippen LogP contribution in [0.2, 0.25) is 0 Å². The number of aryl methyl sites for hydroxylation is 1. The Morgan fingerprint density at radius 3 is 3.11 bits per heavy atom. The highest BCUT2D eigenvalue weighted by atomic mass is 32.2. The summed E-state index contributed by atoms with van der Waals surface area (Å²) < 4.78 is 5.03. The SMILES string of the molecule is Cc1ccc(N)cc1NC(=O)CSc1ncco1. The maximum atomic E-state index is 11.7. The van der Waals surface area contributed by atoms with E-state index in [1.807, 2.05) is 13.0 Å². The summed E-state index contributed by atoms with van der Waals surface area (Å²) in [5.74, 6) is 0.126. The van der Waals surface area contributed by atoms with E-state index in [2.05, 4.69) is 10.3 Å². The number of hydrogen-bond acceptors (Lipinski definition) is 5. The summed E-state index contributed by atoms with van der Waals surface area (Å²) in [7, 11) is 0. The Hall–Kier alpha value is -1.95. The summed E-state index contributed by atoms with van der Waals surface area (Å²) in [4.78, 5) is 15.7. The van der Waals surface area contributed by atoms with E-state index in [4.69, 9.17) is 10.2 Å². The van der Waals surface area contributed by atoms with Crippen LogP contribution in [0.1, 0.15) is 5.56 Å². The quantitative estimate of drug-likeness (QED) is 0.653. The van der Waals surface area contributed by atoms with Crippen molar-refractivity contribution in [1.82, 2.24) is 4.98 Å². The Kier molecular flexibility index (Phi) is 3.88. The van der Waals surface area contributed by atoms with Gasteiger partial charge in [-0.3, -0.25) is 4.79 Å². The molecule has 0 saturated heterocycles. The molecule has 1 heterocycles. The highest BCUT2D eigenvalue weighted by molar-refractivity contribution is 7.99. The van der Waals surface area contributed by atoms with Gasteiger partial charge in [0.2, 0.25) is 5.91 Å². The van der Waals surface area contributed by atoms with Crippen molar-refractivity contribution in [2.24, 2.45) is 0 Å². The summed E-state index contributed by atoms with van der Waals surface area (Å²) in [6, 6.07) is 5.40. The molecule has 94 valence electrons. The Morgan fingerprint density at radius 1 is 1.56 bits per heavy atom. The molecule has 0 fully saturated rings. The molecule has 0 aliphatic carbocycles. The number of aromatic nitrogens is 1. The molecular formula is C12H13N3O2S. The molecule has 0 saturated carbocycles. The zero-order valence-electron chi connectivity index (χ0n) is 9.84. The molecule has 1 amide bonds. The highest BCUT2D eigenvalue weighted by Crippen LogP contribution is 2.19. The first-order valence-electron chi connectivity index (χ1n) is 5.33. The van der Waals surface area contributed by atoms with Crippen LogP contribution in [0.15, 0.2) is 40.3 Å². The lowest BCUT2D eigenvalue weighted by Crippen LogP contribution is -2.15. The Morgan fingerprint density at radius 2 is 2.39 bits per heavy atom. The summed E-state index contributed by atoms with van der Waals surface area (Å²) >= 11 is 1.24. The minimum absolute atomic E-state index is 0.119. The highest BCUT2D eigenvalue weighted by Gasteiger charge is 2.07. The lowest BCUT2D eigenvalue weighted by Gasteiger charge is -2.08. The molecule has 18 heavy (non-hydrogen) atoms. The number of carbonyl (C=O) groups is 1. The molecule has 0 aliphatic rings. The Labute approximate surface area is 109 Å². The molecule has 2 rings (SSSR count). The second-order valence-electron chi connectivity index (χ2n) is 3.71. The third-order valence-corrected chi connectivity index (χ3v) is 3.13. The number of thioether (sulfide) groups is 1. The number of rotatable bonds is 4. The first kappa shape index (κ1) is 12.5. The van der Waals surface area contributed by atoms with Crippen molar-refractivity contribution in [3.8, 4) is 0 Å². The molecule has 2 aromatic rings. The molecule has 0 bridgehead atoms. The van der Waals surface area contributed by atoms with E-state index >= 15 is 0 Å².